The van der Waals surface area contributed by atoms with Gasteiger partial charge in [-0.1, -0.05) is 17.7 Å². The monoisotopic (exact) mass is 347 g/mol. The summed E-state index contributed by atoms with van der Waals surface area (Å²) in [5.41, 5.74) is 5.20. The lowest BCUT2D eigenvalue weighted by molar-refractivity contribution is 0.102. The van der Waals surface area contributed by atoms with Gasteiger partial charge in [-0.15, -0.1) is 0 Å². The normalized spacial score (nSPS) is 10.3. The molecule has 5 heteroatoms. The van der Waals surface area contributed by atoms with Crippen molar-refractivity contribution in [3.05, 3.63) is 77.6 Å². The van der Waals surface area contributed by atoms with Crippen LogP contribution in [0.4, 0.5) is 17.1 Å². The fourth-order valence-electron chi connectivity index (χ4n) is 2.61. The minimum Gasteiger partial charge on any atom is -0.497 e. The SMILES string of the molecule is COc1ccc(NC(=O)c2cc(Nc3ccc(C)cc3C)ccn2)cc1. The van der Waals surface area contributed by atoms with Crippen LogP contribution in [0, 0.1) is 13.8 Å². The number of nitrogens with one attached hydrogen (secondary N) is 2. The van der Waals surface area contributed by atoms with E-state index in [1.165, 1.54) is 5.56 Å². The van der Waals surface area contributed by atoms with Crippen molar-refractivity contribution < 1.29 is 9.53 Å². The number of nitrogens with zero attached hydrogens (tertiary/aromatic N) is 1. The van der Waals surface area contributed by atoms with E-state index in [2.05, 4.69) is 28.6 Å². The van der Waals surface area contributed by atoms with Crippen LogP contribution in [-0.4, -0.2) is 18.0 Å². The van der Waals surface area contributed by atoms with Gasteiger partial charge in [0.25, 0.3) is 5.91 Å². The van der Waals surface area contributed by atoms with Crippen molar-refractivity contribution in [3.8, 4) is 5.75 Å². The first kappa shape index (κ1) is 17.5. The van der Waals surface area contributed by atoms with E-state index in [4.69, 9.17) is 4.74 Å². The summed E-state index contributed by atoms with van der Waals surface area (Å²) in [5, 5.41) is 6.17. The molecule has 0 spiro atoms. The number of ether oxygens (including phenoxy) is 1. The number of pyridine rings is 1. The molecule has 0 bridgehead atoms. The van der Waals surface area contributed by atoms with Crippen LogP contribution in [-0.2, 0) is 0 Å². The highest BCUT2D eigenvalue weighted by molar-refractivity contribution is 6.03. The Bertz CT molecular complexity index is 921. The van der Waals surface area contributed by atoms with Gasteiger partial charge in [-0.2, -0.15) is 0 Å². The summed E-state index contributed by atoms with van der Waals surface area (Å²) in [7, 11) is 1.60. The summed E-state index contributed by atoms with van der Waals surface area (Å²) in [4.78, 5) is 16.6. The van der Waals surface area contributed by atoms with E-state index >= 15 is 0 Å². The van der Waals surface area contributed by atoms with Crippen molar-refractivity contribution in [3.63, 3.8) is 0 Å². The Kier molecular flexibility index (Phi) is 5.17. The van der Waals surface area contributed by atoms with Crippen molar-refractivity contribution in [1.29, 1.82) is 0 Å². The number of aromatic nitrogens is 1. The molecule has 0 fully saturated rings. The molecule has 0 saturated heterocycles. The Balaban J connectivity index is 1.74. The fourth-order valence-corrected chi connectivity index (χ4v) is 2.61. The molecule has 0 aliphatic carbocycles. The van der Waals surface area contributed by atoms with Crippen molar-refractivity contribution in [2.45, 2.75) is 13.8 Å². The molecule has 26 heavy (non-hydrogen) atoms. The first-order valence-electron chi connectivity index (χ1n) is 8.31. The average molecular weight is 347 g/mol. The second kappa shape index (κ2) is 7.70. The van der Waals surface area contributed by atoms with Gasteiger partial charge in [-0.3, -0.25) is 9.78 Å². The topological polar surface area (TPSA) is 63.2 Å². The second-order valence-electron chi connectivity index (χ2n) is 6.06. The fraction of sp³-hybridized carbons (Fsp3) is 0.143. The molecule has 1 aromatic heterocycles. The third kappa shape index (κ3) is 4.19. The Morgan fingerprint density at radius 2 is 1.73 bits per heavy atom. The molecule has 132 valence electrons. The summed E-state index contributed by atoms with van der Waals surface area (Å²) < 4.78 is 5.11. The van der Waals surface area contributed by atoms with E-state index in [1.807, 2.05) is 25.1 Å². The van der Waals surface area contributed by atoms with Crippen LogP contribution in [0.5, 0.6) is 5.75 Å². The lowest BCUT2D eigenvalue weighted by Gasteiger charge is -2.11. The minimum atomic E-state index is -0.264. The number of carbonyl (C=O) groups is 1. The van der Waals surface area contributed by atoms with Crippen molar-refractivity contribution >= 4 is 23.0 Å². The molecular formula is C21H21N3O2. The largest absolute Gasteiger partial charge is 0.497 e. The Labute approximate surface area is 153 Å². The molecule has 0 unspecified atom stereocenters. The average Bonchev–Trinajstić information content (AvgIpc) is 2.65. The molecule has 0 aliphatic heterocycles. The zero-order valence-corrected chi connectivity index (χ0v) is 15.0. The van der Waals surface area contributed by atoms with Crippen LogP contribution in [0.2, 0.25) is 0 Å². The summed E-state index contributed by atoms with van der Waals surface area (Å²) in [6.45, 7) is 4.11. The van der Waals surface area contributed by atoms with Gasteiger partial charge in [0, 0.05) is 23.3 Å². The molecule has 0 radical (unpaired) electrons. The van der Waals surface area contributed by atoms with E-state index in [1.54, 1.807) is 43.6 Å². The van der Waals surface area contributed by atoms with Crippen molar-refractivity contribution in [2.75, 3.05) is 17.7 Å². The number of hydrogen-bond acceptors (Lipinski definition) is 4. The van der Waals surface area contributed by atoms with Gasteiger partial charge in [0.2, 0.25) is 0 Å². The summed E-state index contributed by atoms with van der Waals surface area (Å²) in [6.07, 6.45) is 1.62. The van der Waals surface area contributed by atoms with Crippen molar-refractivity contribution in [1.82, 2.24) is 4.98 Å². The molecular weight excluding hydrogens is 326 g/mol. The van der Waals surface area contributed by atoms with Crippen LogP contribution in [0.25, 0.3) is 0 Å². The molecule has 2 aromatic carbocycles. The van der Waals surface area contributed by atoms with E-state index in [9.17, 15) is 4.79 Å². The number of rotatable bonds is 5. The molecule has 3 aromatic rings. The Morgan fingerprint density at radius 1 is 0.962 bits per heavy atom. The number of methoxy groups -OCH3 is 1. The van der Waals surface area contributed by atoms with Crippen LogP contribution in [0.1, 0.15) is 21.6 Å². The van der Waals surface area contributed by atoms with Gasteiger partial charge in [-0.25, -0.2) is 0 Å². The number of anilines is 3. The molecule has 0 saturated carbocycles. The number of aryl methyl sites for hydroxylation is 2. The molecule has 0 atom stereocenters. The Hall–Kier alpha value is -3.34. The zero-order chi connectivity index (χ0) is 18.5. The lowest BCUT2D eigenvalue weighted by Crippen LogP contribution is -2.13. The molecule has 5 nitrogen and oxygen atoms in total. The maximum Gasteiger partial charge on any atom is 0.274 e. The molecule has 3 rings (SSSR count). The summed E-state index contributed by atoms with van der Waals surface area (Å²) >= 11 is 0. The highest BCUT2D eigenvalue weighted by Gasteiger charge is 2.09. The van der Waals surface area contributed by atoms with Gasteiger partial charge >= 0.3 is 0 Å². The minimum absolute atomic E-state index is 0.264. The van der Waals surface area contributed by atoms with E-state index in [0.717, 1.165) is 22.7 Å². The van der Waals surface area contributed by atoms with Crippen LogP contribution >= 0.6 is 0 Å². The molecule has 0 aliphatic rings. The van der Waals surface area contributed by atoms with Gasteiger partial charge in [-0.05, 0) is 61.9 Å². The third-order valence-corrected chi connectivity index (χ3v) is 4.00. The summed E-state index contributed by atoms with van der Waals surface area (Å²) in [5.74, 6) is 0.472. The van der Waals surface area contributed by atoms with E-state index in [0.29, 0.717) is 11.4 Å². The number of carbonyl (C=O) groups excluding carboxylic acids is 1. The predicted octanol–water partition coefficient (Wildman–Crippen LogP) is 4.70. The number of benzene rings is 2. The first-order chi connectivity index (χ1) is 12.5. The van der Waals surface area contributed by atoms with Gasteiger partial charge < -0.3 is 15.4 Å². The van der Waals surface area contributed by atoms with Gasteiger partial charge in [0.15, 0.2) is 0 Å². The Morgan fingerprint density at radius 3 is 2.42 bits per heavy atom. The van der Waals surface area contributed by atoms with Crippen molar-refractivity contribution in [2.24, 2.45) is 0 Å². The predicted molar refractivity (Wildman–Crippen MR) is 104 cm³/mol. The van der Waals surface area contributed by atoms with E-state index < -0.39 is 0 Å². The molecule has 1 amide bonds. The highest BCUT2D eigenvalue weighted by Crippen LogP contribution is 2.22. The first-order valence-corrected chi connectivity index (χ1v) is 8.31. The molecule has 2 N–H and O–H groups in total. The van der Waals surface area contributed by atoms with Crippen LogP contribution < -0.4 is 15.4 Å². The smallest absolute Gasteiger partial charge is 0.274 e. The maximum absolute atomic E-state index is 12.5. The standard InChI is InChI=1S/C21H21N3O2/c1-14-4-9-19(15(2)12-14)23-17-10-11-22-20(13-17)21(25)24-16-5-7-18(26-3)8-6-16/h4-13H,1-3H3,(H,22,23)(H,24,25). The third-order valence-electron chi connectivity index (χ3n) is 4.00. The lowest BCUT2D eigenvalue weighted by atomic mass is 10.1. The molecule has 1 heterocycles. The van der Waals surface area contributed by atoms with Crippen LogP contribution in [0.3, 0.4) is 0 Å². The number of amides is 1. The second-order valence-corrected chi connectivity index (χ2v) is 6.06. The highest BCUT2D eigenvalue weighted by atomic mass is 16.5. The summed E-state index contributed by atoms with van der Waals surface area (Å²) in [6, 6.07) is 16.9. The van der Waals surface area contributed by atoms with Gasteiger partial charge in [0.05, 0.1) is 7.11 Å². The maximum atomic E-state index is 12.5. The zero-order valence-electron chi connectivity index (χ0n) is 15.0. The quantitative estimate of drug-likeness (QED) is 0.702. The number of hydrogen-bond donors (Lipinski definition) is 2. The van der Waals surface area contributed by atoms with Crippen LogP contribution in [0.15, 0.2) is 60.8 Å². The van der Waals surface area contributed by atoms with E-state index in [-0.39, 0.29) is 5.91 Å². The van der Waals surface area contributed by atoms with Gasteiger partial charge in [0.1, 0.15) is 11.4 Å².